The van der Waals surface area contributed by atoms with Gasteiger partial charge in [-0.25, -0.2) is 4.39 Å². The van der Waals surface area contributed by atoms with Crippen LogP contribution in [0.5, 0.6) is 0 Å². The minimum Gasteiger partial charge on any atom is -0.352 e. The highest BCUT2D eigenvalue weighted by molar-refractivity contribution is 5.89. The lowest BCUT2D eigenvalue weighted by molar-refractivity contribution is -0.141. The summed E-state index contributed by atoms with van der Waals surface area (Å²) in [5.74, 6) is -0.681. The maximum atomic E-state index is 13.7. The average molecular weight is 461 g/mol. The van der Waals surface area contributed by atoms with Gasteiger partial charge in [-0.2, -0.15) is 0 Å². The van der Waals surface area contributed by atoms with Crippen molar-refractivity contribution in [3.63, 3.8) is 0 Å². The highest BCUT2D eigenvalue weighted by Gasteiger charge is 2.30. The molecule has 1 atom stereocenters. The van der Waals surface area contributed by atoms with E-state index in [1.807, 2.05) is 70.2 Å². The third kappa shape index (κ3) is 7.27. The zero-order chi connectivity index (χ0) is 24.7. The van der Waals surface area contributed by atoms with Gasteiger partial charge in [-0.05, 0) is 56.5 Å². The lowest BCUT2D eigenvalue weighted by atomic mass is 10.00. The quantitative estimate of drug-likeness (QED) is 0.480. The van der Waals surface area contributed by atoms with Gasteiger partial charge in [-0.1, -0.05) is 71.8 Å². The number of nitrogens with one attached hydrogen (secondary N) is 1. The summed E-state index contributed by atoms with van der Waals surface area (Å²) in [6, 6.07) is 21.1. The van der Waals surface area contributed by atoms with Crippen LogP contribution in [0.15, 0.2) is 72.8 Å². The van der Waals surface area contributed by atoms with Gasteiger partial charge >= 0.3 is 0 Å². The molecule has 0 aromatic heterocycles. The summed E-state index contributed by atoms with van der Waals surface area (Å²) in [6.07, 6.45) is 0.573. The highest BCUT2D eigenvalue weighted by Crippen LogP contribution is 2.18. The number of aryl methyl sites for hydroxylation is 2. The number of hydrogen-bond donors (Lipinski definition) is 1. The Labute approximate surface area is 201 Å². The first-order chi connectivity index (χ1) is 16.2. The molecule has 0 heterocycles. The van der Waals surface area contributed by atoms with E-state index >= 15 is 0 Å². The van der Waals surface area contributed by atoms with Gasteiger partial charge in [-0.3, -0.25) is 9.59 Å². The molecule has 2 amide bonds. The minimum absolute atomic E-state index is 0.0621. The monoisotopic (exact) mass is 460 g/mol. The van der Waals surface area contributed by atoms with Crippen molar-refractivity contribution < 1.29 is 14.0 Å². The van der Waals surface area contributed by atoms with Gasteiger partial charge < -0.3 is 10.2 Å². The Morgan fingerprint density at radius 3 is 2.06 bits per heavy atom. The van der Waals surface area contributed by atoms with Crippen LogP contribution in [0.2, 0.25) is 0 Å². The normalized spacial score (nSPS) is 11.8. The molecule has 0 aliphatic heterocycles. The summed E-state index contributed by atoms with van der Waals surface area (Å²) in [6.45, 7) is 8.03. The molecule has 1 unspecified atom stereocenters. The number of carbonyl (C=O) groups excluding carboxylic acids is 2. The van der Waals surface area contributed by atoms with E-state index in [0.29, 0.717) is 6.42 Å². The summed E-state index contributed by atoms with van der Waals surface area (Å²) in [5, 5.41) is 2.98. The molecule has 0 radical (unpaired) electrons. The van der Waals surface area contributed by atoms with Crippen LogP contribution in [0, 0.1) is 19.7 Å². The Balaban J connectivity index is 1.98. The van der Waals surface area contributed by atoms with Gasteiger partial charge in [0.05, 0.1) is 6.42 Å². The van der Waals surface area contributed by atoms with Crippen LogP contribution in [-0.4, -0.2) is 28.8 Å². The molecule has 0 aliphatic rings. The minimum atomic E-state index is -0.701. The molecule has 0 saturated heterocycles. The maximum Gasteiger partial charge on any atom is 0.243 e. The van der Waals surface area contributed by atoms with Crippen LogP contribution in [0.25, 0.3) is 0 Å². The molecule has 0 aliphatic carbocycles. The fraction of sp³-hybridized carbons (Fsp3) is 0.310. The van der Waals surface area contributed by atoms with Gasteiger partial charge in [0.1, 0.15) is 11.9 Å². The summed E-state index contributed by atoms with van der Waals surface area (Å²) in [5.41, 5.74) is 4.83. The molecule has 4 nitrogen and oxygen atoms in total. The van der Waals surface area contributed by atoms with E-state index in [1.54, 1.807) is 17.0 Å². The van der Waals surface area contributed by atoms with Crippen LogP contribution in [-0.2, 0) is 29.0 Å². The number of benzene rings is 3. The third-order valence-corrected chi connectivity index (χ3v) is 5.61. The summed E-state index contributed by atoms with van der Waals surface area (Å²) in [7, 11) is 0. The first-order valence-corrected chi connectivity index (χ1v) is 11.7. The average Bonchev–Trinajstić information content (AvgIpc) is 2.77. The molecule has 5 heteroatoms. The van der Waals surface area contributed by atoms with E-state index in [-0.39, 0.29) is 36.6 Å². The lowest BCUT2D eigenvalue weighted by Gasteiger charge is -2.32. The molecule has 34 heavy (non-hydrogen) atoms. The highest BCUT2D eigenvalue weighted by atomic mass is 19.1. The van der Waals surface area contributed by atoms with Gasteiger partial charge in [0.2, 0.25) is 11.8 Å². The molecule has 178 valence electrons. The van der Waals surface area contributed by atoms with E-state index in [1.165, 1.54) is 12.1 Å². The van der Waals surface area contributed by atoms with Gasteiger partial charge in [0.15, 0.2) is 0 Å². The summed E-state index contributed by atoms with van der Waals surface area (Å²) >= 11 is 0. The second kappa shape index (κ2) is 11.6. The SMILES string of the molecule is Cc1cc(C)cc(CC(=O)N(Cc2ccc(F)cc2)C(Cc2ccccc2)C(=O)NC(C)C)c1. The largest absolute Gasteiger partial charge is 0.352 e. The van der Waals surface area contributed by atoms with Crippen molar-refractivity contribution in [2.24, 2.45) is 0 Å². The fourth-order valence-corrected chi connectivity index (χ4v) is 4.17. The predicted molar refractivity (Wildman–Crippen MR) is 134 cm³/mol. The second-order valence-corrected chi connectivity index (χ2v) is 9.19. The number of nitrogens with zero attached hydrogens (tertiary/aromatic N) is 1. The molecular formula is C29H33FN2O2. The van der Waals surface area contributed by atoms with E-state index in [0.717, 1.165) is 27.8 Å². The number of carbonyl (C=O) groups is 2. The van der Waals surface area contributed by atoms with E-state index in [9.17, 15) is 14.0 Å². The molecule has 3 aromatic rings. The number of hydrogen-bond acceptors (Lipinski definition) is 2. The van der Waals surface area contributed by atoms with Crippen molar-refractivity contribution in [1.29, 1.82) is 0 Å². The molecular weight excluding hydrogens is 427 g/mol. The first kappa shape index (κ1) is 25.2. The van der Waals surface area contributed by atoms with Gasteiger partial charge in [-0.15, -0.1) is 0 Å². The number of amides is 2. The van der Waals surface area contributed by atoms with Crippen LogP contribution >= 0.6 is 0 Å². The molecule has 0 bridgehead atoms. The zero-order valence-electron chi connectivity index (χ0n) is 20.3. The number of rotatable bonds is 9. The topological polar surface area (TPSA) is 49.4 Å². The Morgan fingerprint density at radius 1 is 0.853 bits per heavy atom. The van der Waals surface area contributed by atoms with Gasteiger partial charge in [0.25, 0.3) is 0 Å². The van der Waals surface area contributed by atoms with Crippen molar-refractivity contribution in [3.05, 3.63) is 106 Å². The van der Waals surface area contributed by atoms with Crippen LogP contribution in [0.4, 0.5) is 4.39 Å². The third-order valence-electron chi connectivity index (χ3n) is 5.61. The molecule has 0 saturated carbocycles. The van der Waals surface area contributed by atoms with Crippen LogP contribution in [0.1, 0.15) is 41.7 Å². The Morgan fingerprint density at radius 2 is 1.47 bits per heavy atom. The summed E-state index contributed by atoms with van der Waals surface area (Å²) < 4.78 is 13.5. The molecule has 3 rings (SSSR count). The van der Waals surface area contributed by atoms with Gasteiger partial charge in [0, 0.05) is 19.0 Å². The predicted octanol–water partition coefficient (Wildman–Crippen LogP) is 5.15. The molecule has 1 N–H and O–H groups in total. The second-order valence-electron chi connectivity index (χ2n) is 9.19. The molecule has 0 fully saturated rings. The smallest absolute Gasteiger partial charge is 0.243 e. The van der Waals surface area contributed by atoms with Crippen molar-refractivity contribution in [1.82, 2.24) is 10.2 Å². The standard InChI is InChI=1S/C29H33FN2O2/c1-20(2)31-29(34)27(17-23-8-6-5-7-9-23)32(19-24-10-12-26(30)13-11-24)28(33)18-25-15-21(3)14-22(4)16-25/h5-16,20,27H,17-19H2,1-4H3,(H,31,34). The van der Waals surface area contributed by atoms with E-state index in [4.69, 9.17) is 0 Å². The van der Waals surface area contributed by atoms with Crippen LogP contribution < -0.4 is 5.32 Å². The molecule has 0 spiro atoms. The van der Waals surface area contributed by atoms with Crippen molar-refractivity contribution in [3.8, 4) is 0 Å². The van der Waals surface area contributed by atoms with E-state index < -0.39 is 6.04 Å². The van der Waals surface area contributed by atoms with Crippen molar-refractivity contribution in [2.45, 2.75) is 59.2 Å². The maximum absolute atomic E-state index is 13.7. The zero-order valence-corrected chi connectivity index (χ0v) is 20.3. The van der Waals surface area contributed by atoms with Crippen molar-refractivity contribution in [2.75, 3.05) is 0 Å². The first-order valence-electron chi connectivity index (χ1n) is 11.7. The Kier molecular flexibility index (Phi) is 8.58. The van der Waals surface area contributed by atoms with Crippen molar-refractivity contribution >= 4 is 11.8 Å². The Bertz CT molecular complexity index is 1090. The van der Waals surface area contributed by atoms with Crippen LogP contribution in [0.3, 0.4) is 0 Å². The fourth-order valence-electron chi connectivity index (χ4n) is 4.17. The molecule has 3 aromatic carbocycles. The number of halogens is 1. The lowest BCUT2D eigenvalue weighted by Crippen LogP contribution is -2.52. The summed E-state index contributed by atoms with van der Waals surface area (Å²) in [4.78, 5) is 28.7. The van der Waals surface area contributed by atoms with E-state index in [2.05, 4.69) is 11.4 Å². The Hall–Kier alpha value is -3.47.